The minimum Gasteiger partial charge on any atom is -0.316 e. The number of aryl methyl sites for hydroxylation is 21. The standard InChI is InChI=1S/C14H16.2C13H14.C9H12.2C9H11.C8H9.C8H8.3C6H5.3C2H6.4Y/c1-9-5-13-7-11(3)12(4)8-14(13)6-10(9)2;1-9-4-5-12-7-10(2)6-11(3)13(12)8-9;1-9-4-5-12-7-10(2)11(3)8-13(12)6-9;1-7-4-5-8(2)9(3)6-7;2*1-3-9-7-5-4-6-8(9)2;2*1-7-3-5-8(2)6-4-7;3*1-2-4-6-5-3-1;3*1-2;;;;/h5-8H,1-4H3;2*4-8H,1-3H3;4-6H,1-3H3;2*4,6-7H,3H2,1-2H3;3-5H,1-2H3;3,6H,1-2H3;3*1-5H;3*1-2H3;;;;/q;;;;3*-1;-2;3*-1;;;;;;;. The molecule has 0 N–H and O–H groups in total. The molecule has 4 radical (unpaired) electrons. The molecule has 0 saturated carbocycles. The fraction of sp³-hybridized carbons (Fsp3) is 0.271. The average molecular weight is 1770 g/mol. The van der Waals surface area contributed by atoms with Crippen LogP contribution in [-0.4, -0.2) is 0 Å². The van der Waals surface area contributed by atoms with E-state index in [1.54, 1.807) is 0 Å². The van der Waals surface area contributed by atoms with E-state index in [9.17, 15) is 0 Å². The summed E-state index contributed by atoms with van der Waals surface area (Å²) < 4.78 is 0. The minimum atomic E-state index is 0. The van der Waals surface area contributed by atoms with Crippen LogP contribution in [0.25, 0.3) is 32.3 Å². The van der Waals surface area contributed by atoms with E-state index in [0.29, 0.717) is 0 Å². The Labute approximate surface area is 779 Å². The smallest absolute Gasteiger partial charge is 0 e. The summed E-state index contributed by atoms with van der Waals surface area (Å²) in [5.74, 6) is 0. The molecule has 0 aromatic heterocycles. The molecule has 0 heterocycles. The molecule has 111 heavy (non-hydrogen) atoms. The Morgan fingerprint density at radius 1 is 0.207 bits per heavy atom. The van der Waals surface area contributed by atoms with Gasteiger partial charge >= 0.3 is 0 Å². The summed E-state index contributed by atoms with van der Waals surface area (Å²) in [6, 6.07) is 113. The van der Waals surface area contributed by atoms with Gasteiger partial charge in [-0.15, -0.1) is 13.8 Å². The van der Waals surface area contributed by atoms with Crippen molar-refractivity contribution in [2.45, 2.75) is 200 Å². The Kier molecular flexibility index (Phi) is 68.0. The van der Waals surface area contributed by atoms with Crippen LogP contribution in [0.1, 0.15) is 172 Å². The molecule has 0 amide bonds. The van der Waals surface area contributed by atoms with Crippen LogP contribution < -0.4 is 0 Å². The molecule has 0 unspecified atom stereocenters. The molecule has 4 heteroatoms. The quantitative estimate of drug-likeness (QED) is 0.151. The zero-order valence-corrected chi connectivity index (χ0v) is 84.4. The second kappa shape index (κ2) is 67.6. The molecular formula is C107H128Y4-8. The molecular weight excluding hydrogens is 1640 g/mol. The monoisotopic (exact) mass is 1770 g/mol. The maximum absolute atomic E-state index is 3.10. The van der Waals surface area contributed by atoms with Crippen molar-refractivity contribution in [1.29, 1.82) is 0 Å². The van der Waals surface area contributed by atoms with Crippen LogP contribution in [0, 0.1) is 180 Å². The third-order valence-corrected chi connectivity index (χ3v) is 16.9. The Morgan fingerprint density at radius 3 is 0.811 bits per heavy atom. The summed E-state index contributed by atoms with van der Waals surface area (Å²) in [4.78, 5) is 0. The van der Waals surface area contributed by atoms with E-state index < -0.39 is 0 Å². The van der Waals surface area contributed by atoms with Gasteiger partial charge in [0.15, 0.2) is 0 Å². The molecule has 0 atom stereocenters. The van der Waals surface area contributed by atoms with Gasteiger partial charge in [-0.25, -0.2) is 0 Å². The first kappa shape index (κ1) is 112. The van der Waals surface area contributed by atoms with E-state index in [-0.39, 0.29) is 131 Å². The van der Waals surface area contributed by atoms with Gasteiger partial charge in [0, 0.05) is 131 Å². The Hall–Kier alpha value is -5.72. The first-order chi connectivity index (χ1) is 51.4. The molecule has 0 aliphatic carbocycles. The van der Waals surface area contributed by atoms with Crippen molar-refractivity contribution < 1.29 is 131 Å². The topological polar surface area (TPSA) is 0 Å². The molecule has 0 aliphatic heterocycles. The van der Waals surface area contributed by atoms with Gasteiger partial charge in [-0.1, -0.05) is 221 Å². The van der Waals surface area contributed by atoms with Gasteiger partial charge in [0.25, 0.3) is 0 Å². The van der Waals surface area contributed by atoms with Crippen LogP contribution in [0.2, 0.25) is 0 Å². The second-order valence-corrected chi connectivity index (χ2v) is 26.0. The summed E-state index contributed by atoms with van der Waals surface area (Å²) >= 11 is 0. The van der Waals surface area contributed by atoms with E-state index in [2.05, 4.69) is 313 Å². The summed E-state index contributed by atoms with van der Waals surface area (Å²) in [7, 11) is 0. The maximum Gasteiger partial charge on any atom is 0 e. The van der Waals surface area contributed by atoms with E-state index in [0.717, 1.165) is 24.0 Å². The Bertz CT molecular complexity index is 4240. The third kappa shape index (κ3) is 48.9. The van der Waals surface area contributed by atoms with Gasteiger partial charge in [0.05, 0.1) is 0 Å². The molecule has 14 aromatic rings. The van der Waals surface area contributed by atoms with Crippen molar-refractivity contribution >= 4 is 32.3 Å². The molecule has 0 fully saturated rings. The van der Waals surface area contributed by atoms with Gasteiger partial charge in [0.1, 0.15) is 0 Å². The molecule has 576 valence electrons. The first-order valence-electron chi connectivity index (χ1n) is 38.3. The van der Waals surface area contributed by atoms with Crippen LogP contribution in [-0.2, 0) is 144 Å². The molecule has 0 saturated heterocycles. The van der Waals surface area contributed by atoms with Crippen molar-refractivity contribution in [3.05, 3.63) is 426 Å². The van der Waals surface area contributed by atoms with Gasteiger partial charge < -0.3 is 12.1 Å². The van der Waals surface area contributed by atoms with Crippen molar-refractivity contribution in [1.82, 2.24) is 0 Å². The van der Waals surface area contributed by atoms with Gasteiger partial charge in [-0.3, -0.25) is 23.3 Å². The third-order valence-electron chi connectivity index (χ3n) is 16.9. The van der Waals surface area contributed by atoms with Crippen LogP contribution in [0.15, 0.2) is 261 Å². The van der Waals surface area contributed by atoms with Crippen LogP contribution >= 0.6 is 0 Å². The predicted molar refractivity (Wildman–Crippen MR) is 477 cm³/mol. The van der Waals surface area contributed by atoms with Gasteiger partial charge in [-0.2, -0.15) is 215 Å². The molecule has 0 nitrogen and oxygen atoms in total. The molecule has 0 aliphatic rings. The van der Waals surface area contributed by atoms with Crippen LogP contribution in [0.3, 0.4) is 0 Å². The summed E-state index contributed by atoms with van der Waals surface area (Å²) in [5, 5.41) is 8.14. The van der Waals surface area contributed by atoms with E-state index in [1.165, 1.54) is 138 Å². The minimum absolute atomic E-state index is 0. The van der Waals surface area contributed by atoms with Crippen molar-refractivity contribution in [2.24, 2.45) is 0 Å². The number of fused-ring (bicyclic) bond motifs is 3. The van der Waals surface area contributed by atoms with Crippen molar-refractivity contribution in [3.63, 3.8) is 0 Å². The van der Waals surface area contributed by atoms with Crippen LogP contribution in [0.4, 0.5) is 0 Å². The molecule has 14 aromatic carbocycles. The second-order valence-electron chi connectivity index (χ2n) is 26.0. The summed E-state index contributed by atoms with van der Waals surface area (Å²) in [6.45, 7) is 56.7. The largest absolute Gasteiger partial charge is 0.316 e. The number of hydrogen-bond donors (Lipinski definition) is 0. The zero-order chi connectivity index (χ0) is 80.1. The van der Waals surface area contributed by atoms with Crippen molar-refractivity contribution in [2.75, 3.05) is 0 Å². The summed E-state index contributed by atoms with van der Waals surface area (Å²) in [5.41, 5.74) is 28.0. The number of rotatable bonds is 2. The average Bonchev–Trinajstić information content (AvgIpc) is 0.822. The number of hydrogen-bond acceptors (Lipinski definition) is 0. The molecule has 14 rings (SSSR count). The van der Waals surface area contributed by atoms with Crippen molar-refractivity contribution in [3.8, 4) is 0 Å². The predicted octanol–water partition coefficient (Wildman–Crippen LogP) is 30.5. The number of benzene rings is 14. The first-order valence-corrected chi connectivity index (χ1v) is 38.3. The Balaban J connectivity index is -0.000000567. The van der Waals surface area contributed by atoms with E-state index in [4.69, 9.17) is 0 Å². The normalized spacial score (nSPS) is 9.00. The Morgan fingerprint density at radius 2 is 0.514 bits per heavy atom. The SMILES string of the molecule is CC.CC.CC.CCc1c[c-]ccc1C.CCc1c[c-]ccc1C.Cc1[c-]cc(C)[c-]c1.Cc1[c-]cc(C)cc1.Cc1cc(C)c2cc(C)ccc2c1.Cc1cc2cc(C)c(C)cc2cc1C.Cc1ccc(C)c(C)c1.Cc1ccc2cc(C)c(C)cc2c1.[Y].[Y].[Y].[Y].[c-]1ccccc1.[c-]1ccccc1.[c-]1ccccc1. The zero-order valence-electron chi connectivity index (χ0n) is 73.0. The van der Waals surface area contributed by atoms with Gasteiger partial charge in [0.2, 0.25) is 0 Å². The molecule has 0 bridgehead atoms. The van der Waals surface area contributed by atoms with E-state index >= 15 is 0 Å². The fourth-order valence-corrected chi connectivity index (χ4v) is 10.2. The van der Waals surface area contributed by atoms with Gasteiger partial charge in [-0.05, 0) is 172 Å². The maximum atomic E-state index is 3.10. The van der Waals surface area contributed by atoms with E-state index in [1.807, 2.05) is 184 Å². The summed E-state index contributed by atoms with van der Waals surface area (Å²) in [6.07, 6.45) is 2.23. The fourth-order valence-electron chi connectivity index (χ4n) is 10.2. The molecule has 0 spiro atoms. The van der Waals surface area contributed by atoms with Crippen LogP contribution in [0.5, 0.6) is 0 Å².